The molecule has 0 atom stereocenters. The molecule has 7 heteroatoms. The summed E-state index contributed by atoms with van der Waals surface area (Å²) >= 11 is 0. The third kappa shape index (κ3) is 3.13. The molecule has 0 saturated carbocycles. The molecule has 0 spiro atoms. The first-order valence-electron chi connectivity index (χ1n) is 7.99. The van der Waals surface area contributed by atoms with Gasteiger partial charge in [0.1, 0.15) is 5.70 Å². The average Bonchev–Trinajstić information content (AvgIpc) is 2.61. The molecular formula is C19H18N2O4S. The van der Waals surface area contributed by atoms with Crippen LogP contribution in [-0.4, -0.2) is 31.5 Å². The maximum atomic E-state index is 12.8. The van der Waals surface area contributed by atoms with E-state index >= 15 is 0 Å². The zero-order valence-electron chi connectivity index (χ0n) is 14.4. The van der Waals surface area contributed by atoms with Crippen molar-refractivity contribution in [1.29, 1.82) is 0 Å². The van der Waals surface area contributed by atoms with Crippen molar-refractivity contribution in [2.24, 2.45) is 0 Å². The number of hydrogen-bond donors (Lipinski definition) is 1. The summed E-state index contributed by atoms with van der Waals surface area (Å²) in [5, 5.41) is 2.64. The normalized spacial score (nSPS) is 17.5. The van der Waals surface area contributed by atoms with E-state index in [-0.39, 0.29) is 34.2 Å². The van der Waals surface area contributed by atoms with E-state index in [1.807, 2.05) is 30.3 Å². The van der Waals surface area contributed by atoms with Crippen LogP contribution in [0.2, 0.25) is 0 Å². The van der Waals surface area contributed by atoms with Crippen molar-refractivity contribution >= 4 is 21.7 Å². The molecule has 0 fully saturated rings. The van der Waals surface area contributed by atoms with E-state index < -0.39 is 15.8 Å². The van der Waals surface area contributed by atoms with Crippen LogP contribution in [-0.2, 0) is 21.2 Å². The molecule has 2 aromatic rings. The van der Waals surface area contributed by atoms with Gasteiger partial charge in [-0.15, -0.1) is 0 Å². The van der Waals surface area contributed by atoms with Gasteiger partial charge in [-0.05, 0) is 24.6 Å². The molecule has 1 amide bonds. The molecule has 0 bridgehead atoms. The Balaban J connectivity index is 1.94. The minimum atomic E-state index is -3.84. The van der Waals surface area contributed by atoms with Gasteiger partial charge in [-0.25, -0.2) is 8.42 Å². The van der Waals surface area contributed by atoms with Gasteiger partial charge < -0.3 is 5.32 Å². The summed E-state index contributed by atoms with van der Waals surface area (Å²) in [6.45, 7) is 1.52. The molecule has 0 saturated heterocycles. The second kappa shape index (κ2) is 6.76. The van der Waals surface area contributed by atoms with Crippen molar-refractivity contribution in [3.63, 3.8) is 0 Å². The molecule has 134 valence electrons. The van der Waals surface area contributed by atoms with Gasteiger partial charge in [0.2, 0.25) is 11.7 Å². The molecule has 0 aliphatic carbocycles. The molecule has 3 rings (SSSR count). The zero-order chi connectivity index (χ0) is 18.9. The Morgan fingerprint density at radius 2 is 1.65 bits per heavy atom. The molecule has 2 aromatic carbocycles. The van der Waals surface area contributed by atoms with Crippen LogP contribution in [0.1, 0.15) is 22.8 Å². The Hall–Kier alpha value is -2.93. The highest BCUT2D eigenvalue weighted by Gasteiger charge is 2.38. The molecule has 1 aliphatic heterocycles. The number of fused-ring (bicyclic) bond motifs is 1. The van der Waals surface area contributed by atoms with Crippen LogP contribution < -0.4 is 5.32 Å². The molecule has 6 nitrogen and oxygen atoms in total. The van der Waals surface area contributed by atoms with Crippen molar-refractivity contribution < 1.29 is 18.0 Å². The van der Waals surface area contributed by atoms with E-state index in [2.05, 4.69) is 5.32 Å². The number of nitrogens with one attached hydrogen (secondary N) is 1. The van der Waals surface area contributed by atoms with Crippen LogP contribution in [0.5, 0.6) is 0 Å². The van der Waals surface area contributed by atoms with Crippen LogP contribution in [0.3, 0.4) is 0 Å². The predicted octanol–water partition coefficient (Wildman–Crippen LogP) is 2.09. The second-order valence-electron chi connectivity index (χ2n) is 5.98. The molecule has 0 radical (unpaired) electrons. The molecule has 26 heavy (non-hydrogen) atoms. The number of carbonyl (C=O) groups is 2. The Labute approximate surface area is 152 Å². The van der Waals surface area contributed by atoms with Crippen molar-refractivity contribution in [3.8, 4) is 0 Å². The summed E-state index contributed by atoms with van der Waals surface area (Å²) < 4.78 is 26.3. The number of ketones is 1. The highest BCUT2D eigenvalue weighted by Crippen LogP contribution is 2.31. The van der Waals surface area contributed by atoms with E-state index in [9.17, 15) is 18.0 Å². The third-order valence-corrected chi connectivity index (χ3v) is 6.01. The quantitative estimate of drug-likeness (QED) is 0.839. The van der Waals surface area contributed by atoms with Crippen molar-refractivity contribution in [2.75, 3.05) is 7.05 Å². The third-order valence-electron chi connectivity index (χ3n) is 4.19. The Kier molecular flexibility index (Phi) is 4.65. The number of carbonyl (C=O) groups excluding carboxylic acids is 2. The number of rotatable bonds is 3. The topological polar surface area (TPSA) is 83.5 Å². The van der Waals surface area contributed by atoms with Gasteiger partial charge >= 0.3 is 0 Å². The van der Waals surface area contributed by atoms with Crippen LogP contribution in [0.25, 0.3) is 0 Å². The maximum Gasteiger partial charge on any atom is 0.264 e. The van der Waals surface area contributed by atoms with Crippen molar-refractivity contribution in [1.82, 2.24) is 9.62 Å². The van der Waals surface area contributed by atoms with Gasteiger partial charge in [0.25, 0.3) is 10.0 Å². The van der Waals surface area contributed by atoms with Crippen LogP contribution in [0.4, 0.5) is 0 Å². The molecule has 1 heterocycles. The minimum absolute atomic E-state index is 0.0281. The molecule has 0 aromatic heterocycles. The maximum absolute atomic E-state index is 12.8. The Morgan fingerprint density at radius 1 is 1.04 bits per heavy atom. The van der Waals surface area contributed by atoms with Gasteiger partial charge in [-0.1, -0.05) is 42.5 Å². The number of nitrogens with zero attached hydrogens (tertiary/aromatic N) is 1. The van der Waals surface area contributed by atoms with E-state index in [0.717, 1.165) is 9.87 Å². The number of Topliss-reactive ketones (excluding diaryl/α,β-unsaturated/α-hetero) is 1. The lowest BCUT2D eigenvalue weighted by molar-refractivity contribution is -0.119. The highest BCUT2D eigenvalue weighted by molar-refractivity contribution is 7.89. The van der Waals surface area contributed by atoms with Crippen LogP contribution in [0.15, 0.2) is 70.9 Å². The number of sulfonamides is 1. The van der Waals surface area contributed by atoms with Crippen molar-refractivity contribution in [3.05, 3.63) is 77.1 Å². The Morgan fingerprint density at radius 3 is 2.35 bits per heavy atom. The van der Waals surface area contributed by atoms with Gasteiger partial charge in [-0.3, -0.25) is 13.9 Å². The van der Waals surface area contributed by atoms with Gasteiger partial charge in [0, 0.05) is 18.3 Å². The number of amides is 1. The lowest BCUT2D eigenvalue weighted by atomic mass is 10.1. The van der Waals surface area contributed by atoms with Gasteiger partial charge in [0.05, 0.1) is 11.3 Å². The lowest BCUT2D eigenvalue weighted by Gasteiger charge is -2.29. The fourth-order valence-electron chi connectivity index (χ4n) is 2.92. The fourth-order valence-corrected chi connectivity index (χ4v) is 4.36. The van der Waals surface area contributed by atoms with Crippen LogP contribution in [0, 0.1) is 0 Å². The zero-order valence-corrected chi connectivity index (χ0v) is 15.2. The summed E-state index contributed by atoms with van der Waals surface area (Å²) in [6.07, 6.45) is 0.132. The SMILES string of the molecule is CC(NC(=O)Cc1ccccc1)=C1C(=O)c2ccccc2S(=O)(=O)N1C. The van der Waals surface area contributed by atoms with Crippen molar-refractivity contribution in [2.45, 2.75) is 18.2 Å². The monoisotopic (exact) mass is 370 g/mol. The summed E-state index contributed by atoms with van der Waals surface area (Å²) in [5.74, 6) is -0.755. The largest absolute Gasteiger partial charge is 0.328 e. The second-order valence-corrected chi connectivity index (χ2v) is 7.92. The molecule has 1 aliphatic rings. The number of benzene rings is 2. The average molecular weight is 370 g/mol. The van der Waals surface area contributed by atoms with Crippen LogP contribution >= 0.6 is 0 Å². The predicted molar refractivity (Wildman–Crippen MR) is 96.7 cm³/mol. The van der Waals surface area contributed by atoms with E-state index in [1.165, 1.54) is 26.1 Å². The first-order valence-corrected chi connectivity index (χ1v) is 9.43. The summed E-state index contributed by atoms with van der Waals surface area (Å²) in [6, 6.07) is 15.2. The molecule has 0 unspecified atom stereocenters. The minimum Gasteiger partial charge on any atom is -0.328 e. The fraction of sp³-hybridized carbons (Fsp3) is 0.158. The summed E-state index contributed by atoms with van der Waals surface area (Å²) in [5.41, 5.74) is 1.09. The summed E-state index contributed by atoms with van der Waals surface area (Å²) in [4.78, 5) is 25.0. The first-order chi connectivity index (χ1) is 12.3. The van der Waals surface area contributed by atoms with E-state index in [4.69, 9.17) is 0 Å². The smallest absolute Gasteiger partial charge is 0.264 e. The van der Waals surface area contributed by atoms with Gasteiger partial charge in [0.15, 0.2) is 0 Å². The molecule has 1 N–H and O–H groups in total. The van der Waals surface area contributed by atoms with E-state index in [0.29, 0.717) is 0 Å². The summed E-state index contributed by atoms with van der Waals surface area (Å²) in [7, 11) is -2.53. The van der Waals surface area contributed by atoms with E-state index in [1.54, 1.807) is 12.1 Å². The standard InChI is InChI=1S/C19H18N2O4S/c1-13(20-17(22)12-14-8-4-3-5-9-14)18-19(23)15-10-6-7-11-16(15)26(24,25)21(18)2/h3-11H,12H2,1-2H3,(H,20,22). The van der Waals surface area contributed by atoms with Gasteiger partial charge in [-0.2, -0.15) is 0 Å². The molecular weight excluding hydrogens is 352 g/mol. The highest BCUT2D eigenvalue weighted by atomic mass is 32.2. The lowest BCUT2D eigenvalue weighted by Crippen LogP contribution is -2.39. The first kappa shape index (κ1) is 17.9. The number of allylic oxidation sites excluding steroid dienone is 2. The number of hydrogen-bond acceptors (Lipinski definition) is 4. The Bertz CT molecular complexity index is 1010. The number of likely N-dealkylation sites (N-methyl/N-ethyl adjacent to an activating group) is 1.